The topological polar surface area (TPSA) is 93.7 Å². The Bertz CT molecular complexity index is 711. The summed E-state index contributed by atoms with van der Waals surface area (Å²) in [5.41, 5.74) is -2.62. The minimum atomic E-state index is -1.71. The molecule has 3 rings (SSSR count). The maximum atomic E-state index is 11.5. The molecule has 2 heterocycles. The maximum absolute atomic E-state index is 11.5. The number of rotatable bonds is 1. The van der Waals surface area contributed by atoms with Crippen molar-refractivity contribution in [2.75, 3.05) is 5.32 Å². The molecule has 0 saturated heterocycles. The fraction of sp³-hybridized carbons (Fsp3) is 0.385. The summed E-state index contributed by atoms with van der Waals surface area (Å²) in [6.07, 6.45) is -1.50. The fourth-order valence-electron chi connectivity index (χ4n) is 2.65. The molecule has 0 saturated carbocycles. The van der Waals surface area contributed by atoms with Crippen molar-refractivity contribution in [1.82, 2.24) is 0 Å². The van der Waals surface area contributed by atoms with Crippen molar-refractivity contribution < 1.29 is 24.7 Å². The second-order valence-corrected chi connectivity index (χ2v) is 6.37. The first kappa shape index (κ1) is 13.3. The minimum Gasteiger partial charge on any atom is -0.478 e. The van der Waals surface area contributed by atoms with Gasteiger partial charge in [-0.1, -0.05) is 12.1 Å². The smallest absolute Gasteiger partial charge is 0.354 e. The van der Waals surface area contributed by atoms with Gasteiger partial charge < -0.3 is 15.3 Å². The van der Waals surface area contributed by atoms with Gasteiger partial charge in [-0.15, -0.1) is 0 Å². The molecule has 0 bridgehead atoms. The third-order valence-corrected chi connectivity index (χ3v) is 4.89. The van der Waals surface area contributed by atoms with Crippen molar-refractivity contribution >= 4 is 32.7 Å². The minimum absolute atomic E-state index is 0.506. The van der Waals surface area contributed by atoms with Crippen LogP contribution in [0, 0.1) is 0 Å². The lowest BCUT2D eigenvalue weighted by Crippen LogP contribution is -2.75. The van der Waals surface area contributed by atoms with E-state index in [1.807, 2.05) is 24.3 Å². The van der Waals surface area contributed by atoms with Crippen molar-refractivity contribution in [2.24, 2.45) is 0 Å². The molecule has 0 aliphatic carbocycles. The summed E-state index contributed by atoms with van der Waals surface area (Å²) in [7, 11) is 0. The van der Waals surface area contributed by atoms with Crippen LogP contribution in [0.2, 0.25) is 0 Å². The van der Waals surface area contributed by atoms with Crippen LogP contribution in [0.25, 0.3) is 10.2 Å². The summed E-state index contributed by atoms with van der Waals surface area (Å²) in [6.45, 7) is 2.78. The molecular formula is C13H15N2O4S+. The van der Waals surface area contributed by atoms with E-state index in [4.69, 9.17) is 0 Å². The first-order valence-corrected chi connectivity index (χ1v) is 6.96. The number of thiazole rings is 1. The Morgan fingerprint density at radius 2 is 2.05 bits per heavy atom. The highest BCUT2D eigenvalue weighted by atomic mass is 32.1. The van der Waals surface area contributed by atoms with Crippen LogP contribution in [0.5, 0.6) is 0 Å². The Hall–Kier alpha value is -1.70. The van der Waals surface area contributed by atoms with Crippen molar-refractivity contribution in [3.05, 3.63) is 24.3 Å². The highest BCUT2D eigenvalue weighted by molar-refractivity contribution is 7.21. The highest BCUT2D eigenvalue weighted by Gasteiger charge is 2.61. The van der Waals surface area contributed by atoms with E-state index in [1.54, 1.807) is 4.57 Å². The van der Waals surface area contributed by atoms with Crippen molar-refractivity contribution in [2.45, 2.75) is 31.2 Å². The molecule has 0 spiro atoms. The van der Waals surface area contributed by atoms with Gasteiger partial charge in [0.05, 0.1) is 4.70 Å². The Morgan fingerprint density at radius 1 is 1.40 bits per heavy atom. The molecule has 1 aliphatic heterocycles. The van der Waals surface area contributed by atoms with Crippen LogP contribution in [-0.2, 0) is 10.5 Å². The van der Waals surface area contributed by atoms with Crippen molar-refractivity contribution in [3.8, 4) is 0 Å². The van der Waals surface area contributed by atoms with Gasteiger partial charge in [0, 0.05) is 6.92 Å². The number of aliphatic carboxylic acids is 1. The Kier molecular flexibility index (Phi) is 2.60. The molecule has 1 aromatic heterocycles. The van der Waals surface area contributed by atoms with Crippen LogP contribution >= 0.6 is 11.3 Å². The van der Waals surface area contributed by atoms with Crippen LogP contribution in [0.4, 0.5) is 5.13 Å². The number of carboxylic acids is 1. The maximum Gasteiger partial charge on any atom is 0.354 e. The molecule has 3 unspecified atom stereocenters. The van der Waals surface area contributed by atoms with Crippen LogP contribution in [-0.4, -0.2) is 32.9 Å². The number of fused-ring (bicyclic) bond motifs is 3. The monoisotopic (exact) mass is 295 g/mol. The number of hydrogen-bond acceptors (Lipinski definition) is 5. The van der Waals surface area contributed by atoms with Crippen LogP contribution in [0.3, 0.4) is 0 Å². The first-order chi connectivity index (χ1) is 9.28. The van der Waals surface area contributed by atoms with E-state index in [0.717, 1.165) is 10.2 Å². The lowest BCUT2D eigenvalue weighted by molar-refractivity contribution is -0.783. The normalized spacial score (nSPS) is 32.7. The molecular weight excluding hydrogens is 280 g/mol. The molecule has 6 nitrogen and oxygen atoms in total. The van der Waals surface area contributed by atoms with E-state index in [1.165, 1.54) is 25.2 Å². The summed E-state index contributed by atoms with van der Waals surface area (Å²) in [6, 6.07) is 7.40. The summed E-state index contributed by atoms with van der Waals surface area (Å²) in [5, 5.41) is 33.7. The van der Waals surface area contributed by atoms with Crippen LogP contribution in [0.15, 0.2) is 24.3 Å². The molecule has 3 atom stereocenters. The van der Waals surface area contributed by atoms with Gasteiger partial charge in [-0.05, 0) is 30.4 Å². The number of anilines is 1. The molecule has 106 valence electrons. The van der Waals surface area contributed by atoms with E-state index in [0.29, 0.717) is 5.13 Å². The molecule has 1 aromatic carbocycles. The highest BCUT2D eigenvalue weighted by Crippen LogP contribution is 2.37. The summed E-state index contributed by atoms with van der Waals surface area (Å²) in [4.78, 5) is 11.5. The van der Waals surface area contributed by atoms with E-state index in [9.17, 15) is 20.1 Å². The zero-order valence-corrected chi connectivity index (χ0v) is 11.8. The number of nitrogens with zero attached hydrogens (tertiary/aromatic N) is 1. The lowest BCUT2D eigenvalue weighted by Gasteiger charge is -2.39. The predicted molar refractivity (Wildman–Crippen MR) is 73.6 cm³/mol. The standard InChI is InChI=1S/C13H14N2O4S/c1-12(10(17)18)9(16)13(2,19)15-7-5-3-4-6-8(7)20-11(15)14-12/h3-6,9,16,19H,1-2H3,(H,17,18)/p+1. The van der Waals surface area contributed by atoms with Gasteiger partial charge in [0.1, 0.15) is 5.52 Å². The third kappa shape index (κ3) is 1.51. The zero-order chi connectivity index (χ0) is 14.7. The van der Waals surface area contributed by atoms with Gasteiger partial charge in [0.2, 0.25) is 11.3 Å². The first-order valence-electron chi connectivity index (χ1n) is 6.14. The van der Waals surface area contributed by atoms with Crippen LogP contribution < -0.4 is 9.88 Å². The number of benzene rings is 1. The molecule has 7 heteroatoms. The zero-order valence-electron chi connectivity index (χ0n) is 11.0. The van der Waals surface area contributed by atoms with E-state index in [2.05, 4.69) is 5.32 Å². The number of aromatic nitrogens is 1. The largest absolute Gasteiger partial charge is 0.478 e. The molecule has 0 amide bonds. The summed E-state index contributed by atoms with van der Waals surface area (Å²) < 4.78 is 2.44. The number of carbonyl (C=O) groups is 1. The number of aliphatic hydroxyl groups is 2. The SMILES string of the molecule is CC1(C(=O)O)Nc2sc3ccccc3[n+]2C(C)(O)C1O. The Balaban J connectivity index is 2.31. The number of carboxylic acid groups (broad SMARTS) is 1. The second-order valence-electron chi connectivity index (χ2n) is 5.34. The number of hydrogen-bond donors (Lipinski definition) is 4. The molecule has 0 radical (unpaired) electrons. The van der Waals surface area contributed by atoms with Crippen LogP contribution in [0.1, 0.15) is 13.8 Å². The Labute approximate surface area is 118 Å². The fourth-order valence-corrected chi connectivity index (χ4v) is 3.90. The summed E-state index contributed by atoms with van der Waals surface area (Å²) in [5.74, 6) is -1.21. The van der Waals surface area contributed by atoms with Gasteiger partial charge in [-0.2, -0.15) is 4.57 Å². The number of para-hydroxylation sites is 1. The van der Waals surface area contributed by atoms with Gasteiger partial charge in [0.15, 0.2) is 6.10 Å². The van der Waals surface area contributed by atoms with E-state index < -0.39 is 23.3 Å². The third-order valence-electron chi connectivity index (χ3n) is 3.84. The molecule has 1 aliphatic rings. The average Bonchev–Trinajstić information content (AvgIpc) is 2.74. The Morgan fingerprint density at radius 3 is 2.70 bits per heavy atom. The lowest BCUT2D eigenvalue weighted by atomic mass is 9.86. The van der Waals surface area contributed by atoms with Gasteiger partial charge >= 0.3 is 11.1 Å². The second kappa shape index (κ2) is 3.91. The predicted octanol–water partition coefficient (Wildman–Crippen LogP) is 0.483. The number of aliphatic hydroxyl groups excluding tert-OH is 1. The van der Waals surface area contributed by atoms with Gasteiger partial charge in [-0.25, -0.2) is 10.1 Å². The van der Waals surface area contributed by atoms with Gasteiger partial charge in [-0.3, -0.25) is 0 Å². The van der Waals surface area contributed by atoms with E-state index in [-0.39, 0.29) is 0 Å². The molecule has 20 heavy (non-hydrogen) atoms. The van der Waals surface area contributed by atoms with Crippen molar-refractivity contribution in [3.63, 3.8) is 0 Å². The molecule has 4 N–H and O–H groups in total. The number of nitrogens with one attached hydrogen (secondary N) is 1. The average molecular weight is 295 g/mol. The van der Waals surface area contributed by atoms with Gasteiger partial charge in [0.25, 0.3) is 0 Å². The summed E-state index contributed by atoms with van der Waals surface area (Å²) >= 11 is 1.34. The van der Waals surface area contributed by atoms with Crippen molar-refractivity contribution in [1.29, 1.82) is 0 Å². The molecule has 0 fully saturated rings. The van der Waals surface area contributed by atoms with E-state index >= 15 is 0 Å². The molecule has 2 aromatic rings. The quantitative estimate of drug-likeness (QED) is 0.574.